The van der Waals surface area contributed by atoms with E-state index in [1.807, 2.05) is 0 Å². The standard InChI is InChI=1S/C11H25NO/c1-4-6-11(9-12)13-8-5-7-10(2)3/h10-11H,4-9,12H2,1-3H3. The molecule has 2 heteroatoms. The van der Waals surface area contributed by atoms with Gasteiger partial charge in [0.1, 0.15) is 0 Å². The summed E-state index contributed by atoms with van der Waals surface area (Å²) in [6.07, 6.45) is 4.96. The van der Waals surface area contributed by atoms with Crippen molar-refractivity contribution in [3.05, 3.63) is 0 Å². The maximum Gasteiger partial charge on any atom is 0.0697 e. The zero-order valence-corrected chi connectivity index (χ0v) is 9.38. The Balaban J connectivity index is 3.27. The smallest absolute Gasteiger partial charge is 0.0697 e. The van der Waals surface area contributed by atoms with Crippen molar-refractivity contribution in [2.45, 2.75) is 52.6 Å². The molecule has 0 heterocycles. The molecule has 1 unspecified atom stereocenters. The van der Waals surface area contributed by atoms with Gasteiger partial charge in [0.05, 0.1) is 6.10 Å². The normalized spacial score (nSPS) is 13.6. The zero-order chi connectivity index (χ0) is 10.1. The molecular weight excluding hydrogens is 162 g/mol. The predicted octanol–water partition coefficient (Wildman–Crippen LogP) is 2.57. The van der Waals surface area contributed by atoms with E-state index in [2.05, 4.69) is 20.8 Å². The number of hydrogen-bond donors (Lipinski definition) is 1. The van der Waals surface area contributed by atoms with Crippen molar-refractivity contribution in [3.8, 4) is 0 Å². The number of ether oxygens (including phenoxy) is 1. The second kappa shape index (κ2) is 8.52. The van der Waals surface area contributed by atoms with Crippen LogP contribution in [0.25, 0.3) is 0 Å². The van der Waals surface area contributed by atoms with Crippen LogP contribution in [0.2, 0.25) is 0 Å². The molecule has 0 saturated carbocycles. The Morgan fingerprint density at radius 3 is 2.38 bits per heavy atom. The highest BCUT2D eigenvalue weighted by molar-refractivity contribution is 4.57. The Kier molecular flexibility index (Phi) is 8.46. The first-order chi connectivity index (χ1) is 6.20. The summed E-state index contributed by atoms with van der Waals surface area (Å²) in [5, 5.41) is 0. The minimum absolute atomic E-state index is 0.289. The summed E-state index contributed by atoms with van der Waals surface area (Å²) in [6.45, 7) is 8.19. The molecule has 13 heavy (non-hydrogen) atoms. The van der Waals surface area contributed by atoms with Crippen molar-refractivity contribution in [2.75, 3.05) is 13.2 Å². The first-order valence-corrected chi connectivity index (χ1v) is 5.52. The van der Waals surface area contributed by atoms with Crippen molar-refractivity contribution >= 4 is 0 Å². The second-order valence-corrected chi connectivity index (χ2v) is 4.05. The van der Waals surface area contributed by atoms with Crippen LogP contribution in [-0.2, 0) is 4.74 Å². The van der Waals surface area contributed by atoms with Gasteiger partial charge in [0.2, 0.25) is 0 Å². The van der Waals surface area contributed by atoms with Crippen LogP contribution in [0.3, 0.4) is 0 Å². The SMILES string of the molecule is CCCC(CN)OCCCC(C)C. The maximum atomic E-state index is 5.66. The lowest BCUT2D eigenvalue weighted by molar-refractivity contribution is 0.0491. The van der Waals surface area contributed by atoms with Crippen LogP contribution in [0.1, 0.15) is 46.5 Å². The van der Waals surface area contributed by atoms with E-state index in [1.165, 1.54) is 6.42 Å². The highest BCUT2D eigenvalue weighted by Gasteiger charge is 2.04. The molecule has 2 N–H and O–H groups in total. The van der Waals surface area contributed by atoms with Crippen molar-refractivity contribution in [2.24, 2.45) is 11.7 Å². The van der Waals surface area contributed by atoms with E-state index < -0.39 is 0 Å². The summed E-state index contributed by atoms with van der Waals surface area (Å²) >= 11 is 0. The molecule has 0 aromatic rings. The first kappa shape index (κ1) is 12.9. The summed E-state index contributed by atoms with van der Waals surface area (Å²) in [6, 6.07) is 0. The van der Waals surface area contributed by atoms with E-state index in [9.17, 15) is 0 Å². The average molecular weight is 187 g/mol. The molecule has 2 nitrogen and oxygen atoms in total. The fraction of sp³-hybridized carbons (Fsp3) is 1.00. The summed E-state index contributed by atoms with van der Waals surface area (Å²) in [7, 11) is 0. The molecule has 0 bridgehead atoms. The van der Waals surface area contributed by atoms with Crippen LogP contribution in [0, 0.1) is 5.92 Å². The molecular formula is C11H25NO. The lowest BCUT2D eigenvalue weighted by Crippen LogP contribution is -2.24. The largest absolute Gasteiger partial charge is 0.377 e. The highest BCUT2D eigenvalue weighted by atomic mass is 16.5. The Hall–Kier alpha value is -0.0800. The van der Waals surface area contributed by atoms with Gasteiger partial charge in [-0.2, -0.15) is 0 Å². The molecule has 0 spiro atoms. The van der Waals surface area contributed by atoms with Crippen molar-refractivity contribution < 1.29 is 4.74 Å². The summed E-state index contributed by atoms with van der Waals surface area (Å²) in [5.74, 6) is 0.783. The molecule has 0 aliphatic rings. The van der Waals surface area contributed by atoms with Crippen LogP contribution in [0.4, 0.5) is 0 Å². The lowest BCUT2D eigenvalue weighted by atomic mass is 10.1. The molecule has 0 aromatic carbocycles. The second-order valence-electron chi connectivity index (χ2n) is 4.05. The van der Waals surface area contributed by atoms with E-state index in [1.54, 1.807) is 0 Å². The quantitative estimate of drug-likeness (QED) is 0.593. The zero-order valence-electron chi connectivity index (χ0n) is 9.38. The van der Waals surface area contributed by atoms with Crippen LogP contribution in [-0.4, -0.2) is 19.3 Å². The summed E-state index contributed by atoms with van der Waals surface area (Å²) in [5.41, 5.74) is 5.58. The fourth-order valence-corrected chi connectivity index (χ4v) is 1.33. The molecule has 0 saturated heterocycles. The van der Waals surface area contributed by atoms with Gasteiger partial charge < -0.3 is 10.5 Å². The van der Waals surface area contributed by atoms with Crippen LogP contribution in [0.15, 0.2) is 0 Å². The van der Waals surface area contributed by atoms with Crippen LogP contribution in [0.5, 0.6) is 0 Å². The summed E-state index contributed by atoms with van der Waals surface area (Å²) in [4.78, 5) is 0. The van der Waals surface area contributed by atoms with Crippen LogP contribution >= 0.6 is 0 Å². The Bertz CT molecular complexity index is 104. The van der Waals surface area contributed by atoms with Gasteiger partial charge >= 0.3 is 0 Å². The molecule has 0 amide bonds. The Morgan fingerprint density at radius 2 is 1.92 bits per heavy atom. The Labute approximate surface area is 82.8 Å². The van der Waals surface area contributed by atoms with Gasteiger partial charge in [-0.1, -0.05) is 27.2 Å². The monoisotopic (exact) mass is 187 g/mol. The Morgan fingerprint density at radius 1 is 1.23 bits per heavy atom. The van der Waals surface area contributed by atoms with Crippen molar-refractivity contribution in [3.63, 3.8) is 0 Å². The van der Waals surface area contributed by atoms with E-state index in [4.69, 9.17) is 10.5 Å². The molecule has 80 valence electrons. The minimum Gasteiger partial charge on any atom is -0.377 e. The van der Waals surface area contributed by atoms with Gasteiger partial charge in [-0.15, -0.1) is 0 Å². The highest BCUT2D eigenvalue weighted by Crippen LogP contribution is 2.06. The third kappa shape index (κ3) is 8.26. The average Bonchev–Trinajstić information content (AvgIpc) is 2.10. The third-order valence-corrected chi connectivity index (χ3v) is 2.15. The molecule has 1 atom stereocenters. The fourth-order valence-electron chi connectivity index (χ4n) is 1.33. The van der Waals surface area contributed by atoms with E-state index in [0.717, 1.165) is 31.8 Å². The van der Waals surface area contributed by atoms with E-state index in [-0.39, 0.29) is 6.10 Å². The summed E-state index contributed by atoms with van der Waals surface area (Å²) < 4.78 is 5.66. The van der Waals surface area contributed by atoms with E-state index in [0.29, 0.717) is 6.54 Å². The number of nitrogens with two attached hydrogens (primary N) is 1. The van der Waals surface area contributed by atoms with Crippen LogP contribution < -0.4 is 5.73 Å². The van der Waals surface area contributed by atoms with Crippen molar-refractivity contribution in [1.29, 1.82) is 0 Å². The van der Waals surface area contributed by atoms with Gasteiger partial charge in [-0.3, -0.25) is 0 Å². The molecule has 0 aliphatic heterocycles. The first-order valence-electron chi connectivity index (χ1n) is 5.52. The van der Waals surface area contributed by atoms with Gasteiger partial charge in [0.15, 0.2) is 0 Å². The molecule has 0 rings (SSSR count). The molecule has 0 aromatic heterocycles. The number of hydrogen-bond acceptors (Lipinski definition) is 2. The van der Waals surface area contributed by atoms with Gasteiger partial charge in [0.25, 0.3) is 0 Å². The lowest BCUT2D eigenvalue weighted by Gasteiger charge is -2.15. The molecule has 0 radical (unpaired) electrons. The minimum atomic E-state index is 0.289. The number of rotatable bonds is 8. The predicted molar refractivity (Wildman–Crippen MR) is 57.8 cm³/mol. The maximum absolute atomic E-state index is 5.66. The van der Waals surface area contributed by atoms with Gasteiger partial charge in [0, 0.05) is 13.2 Å². The van der Waals surface area contributed by atoms with Crippen molar-refractivity contribution in [1.82, 2.24) is 0 Å². The topological polar surface area (TPSA) is 35.2 Å². The van der Waals surface area contributed by atoms with Gasteiger partial charge in [-0.25, -0.2) is 0 Å². The third-order valence-electron chi connectivity index (χ3n) is 2.15. The van der Waals surface area contributed by atoms with E-state index >= 15 is 0 Å². The van der Waals surface area contributed by atoms with Gasteiger partial charge in [-0.05, 0) is 25.2 Å². The molecule has 0 aliphatic carbocycles. The molecule has 0 fully saturated rings.